The minimum absolute atomic E-state index is 0.854. The molecule has 12 heavy (non-hydrogen) atoms. The highest BCUT2D eigenvalue weighted by Crippen LogP contribution is 2.08. The molecule has 0 aliphatic rings. The molecule has 0 aromatic rings. The largest absolute Gasteiger partial charge is 0.317 e. The van der Waals surface area contributed by atoms with E-state index in [9.17, 15) is 0 Å². The predicted molar refractivity (Wildman–Crippen MR) is 59.9 cm³/mol. The maximum Gasteiger partial charge on any atom is -0.00233 e. The van der Waals surface area contributed by atoms with Crippen molar-refractivity contribution in [3.63, 3.8) is 0 Å². The van der Waals surface area contributed by atoms with Gasteiger partial charge in [0.15, 0.2) is 0 Å². The number of rotatable bonds is 8. The Balaban J connectivity index is 3.02. The Morgan fingerprint density at radius 2 is 2.08 bits per heavy atom. The molecule has 0 saturated heterocycles. The SMILES string of the molecule is CCNCC(C)CCCCSC. The molecule has 1 atom stereocenters. The summed E-state index contributed by atoms with van der Waals surface area (Å²) in [5, 5.41) is 3.38. The van der Waals surface area contributed by atoms with Gasteiger partial charge in [-0.2, -0.15) is 11.8 Å². The summed E-state index contributed by atoms with van der Waals surface area (Å²) in [5.74, 6) is 2.18. The van der Waals surface area contributed by atoms with Gasteiger partial charge < -0.3 is 5.32 Å². The summed E-state index contributed by atoms with van der Waals surface area (Å²) in [6.07, 6.45) is 6.35. The van der Waals surface area contributed by atoms with Crippen LogP contribution >= 0.6 is 11.8 Å². The van der Waals surface area contributed by atoms with Crippen LogP contribution in [0, 0.1) is 5.92 Å². The first-order chi connectivity index (χ1) is 5.81. The van der Waals surface area contributed by atoms with E-state index in [4.69, 9.17) is 0 Å². The first-order valence-corrected chi connectivity index (χ1v) is 6.40. The van der Waals surface area contributed by atoms with E-state index in [1.54, 1.807) is 0 Å². The van der Waals surface area contributed by atoms with Crippen LogP contribution in [0.15, 0.2) is 0 Å². The Hall–Kier alpha value is 0.310. The van der Waals surface area contributed by atoms with Gasteiger partial charge in [0.1, 0.15) is 0 Å². The monoisotopic (exact) mass is 189 g/mol. The van der Waals surface area contributed by atoms with Crippen molar-refractivity contribution in [2.45, 2.75) is 33.1 Å². The number of hydrogen-bond donors (Lipinski definition) is 1. The zero-order valence-corrected chi connectivity index (χ0v) is 9.54. The Morgan fingerprint density at radius 1 is 1.33 bits per heavy atom. The fraction of sp³-hybridized carbons (Fsp3) is 1.00. The third kappa shape index (κ3) is 8.41. The molecular weight excluding hydrogens is 166 g/mol. The van der Waals surface area contributed by atoms with Crippen molar-refractivity contribution >= 4 is 11.8 Å². The van der Waals surface area contributed by atoms with E-state index in [-0.39, 0.29) is 0 Å². The van der Waals surface area contributed by atoms with Gasteiger partial charge in [-0.25, -0.2) is 0 Å². The molecule has 0 saturated carbocycles. The maximum atomic E-state index is 3.38. The van der Waals surface area contributed by atoms with Crippen molar-refractivity contribution in [3.8, 4) is 0 Å². The molecule has 0 bridgehead atoms. The van der Waals surface area contributed by atoms with Crippen LogP contribution in [0.3, 0.4) is 0 Å². The summed E-state index contributed by atoms with van der Waals surface area (Å²) in [7, 11) is 0. The summed E-state index contributed by atoms with van der Waals surface area (Å²) < 4.78 is 0. The van der Waals surface area contributed by atoms with Gasteiger partial charge in [0.2, 0.25) is 0 Å². The van der Waals surface area contributed by atoms with Crippen LogP contribution in [0.2, 0.25) is 0 Å². The van der Waals surface area contributed by atoms with Crippen LogP contribution in [0.1, 0.15) is 33.1 Å². The van der Waals surface area contributed by atoms with Crippen LogP contribution in [0.5, 0.6) is 0 Å². The maximum absolute atomic E-state index is 3.38. The minimum atomic E-state index is 0.854. The normalized spacial score (nSPS) is 13.2. The van der Waals surface area contributed by atoms with Gasteiger partial charge in [-0.3, -0.25) is 0 Å². The molecule has 0 aromatic carbocycles. The standard InChI is InChI=1S/C10H23NS/c1-4-11-9-10(2)7-5-6-8-12-3/h10-11H,4-9H2,1-3H3. The molecule has 0 fully saturated rings. The lowest BCUT2D eigenvalue weighted by Gasteiger charge is -2.10. The van der Waals surface area contributed by atoms with Crippen molar-refractivity contribution in [1.82, 2.24) is 5.32 Å². The van der Waals surface area contributed by atoms with Crippen molar-refractivity contribution in [1.29, 1.82) is 0 Å². The summed E-state index contributed by atoms with van der Waals surface area (Å²) in [6.45, 7) is 6.80. The number of hydrogen-bond acceptors (Lipinski definition) is 2. The molecule has 2 heteroatoms. The van der Waals surface area contributed by atoms with E-state index in [2.05, 4.69) is 25.4 Å². The topological polar surface area (TPSA) is 12.0 Å². The van der Waals surface area contributed by atoms with Gasteiger partial charge in [-0.1, -0.05) is 20.3 Å². The van der Waals surface area contributed by atoms with Gasteiger partial charge in [0, 0.05) is 0 Å². The fourth-order valence-corrected chi connectivity index (χ4v) is 1.72. The molecular formula is C10H23NS. The fourth-order valence-electron chi connectivity index (χ4n) is 1.23. The Morgan fingerprint density at radius 3 is 2.67 bits per heavy atom. The quantitative estimate of drug-likeness (QED) is 0.589. The molecule has 0 aromatic heterocycles. The predicted octanol–water partition coefficient (Wildman–Crippen LogP) is 2.77. The van der Waals surface area contributed by atoms with Crippen molar-refractivity contribution < 1.29 is 0 Å². The second-order valence-corrected chi connectivity index (χ2v) is 4.39. The molecule has 0 spiro atoms. The molecule has 74 valence electrons. The lowest BCUT2D eigenvalue weighted by molar-refractivity contribution is 0.471. The van der Waals surface area contributed by atoms with E-state index in [0.29, 0.717) is 0 Å². The molecule has 0 aliphatic heterocycles. The lowest BCUT2D eigenvalue weighted by Crippen LogP contribution is -2.20. The molecule has 0 rings (SSSR count). The van der Waals surface area contributed by atoms with Gasteiger partial charge in [-0.05, 0) is 43.9 Å². The van der Waals surface area contributed by atoms with Gasteiger partial charge in [0.25, 0.3) is 0 Å². The highest BCUT2D eigenvalue weighted by Gasteiger charge is 1.99. The van der Waals surface area contributed by atoms with E-state index < -0.39 is 0 Å². The number of nitrogens with one attached hydrogen (secondary N) is 1. The second-order valence-electron chi connectivity index (χ2n) is 3.40. The lowest BCUT2D eigenvalue weighted by atomic mass is 10.0. The highest BCUT2D eigenvalue weighted by molar-refractivity contribution is 7.98. The Labute approximate surface area is 81.7 Å². The van der Waals surface area contributed by atoms with E-state index in [1.807, 2.05) is 11.8 Å². The summed E-state index contributed by atoms with van der Waals surface area (Å²) in [6, 6.07) is 0. The summed E-state index contributed by atoms with van der Waals surface area (Å²) in [4.78, 5) is 0. The molecule has 0 amide bonds. The van der Waals surface area contributed by atoms with Crippen LogP contribution in [0.25, 0.3) is 0 Å². The molecule has 0 radical (unpaired) electrons. The zero-order valence-electron chi connectivity index (χ0n) is 8.73. The first kappa shape index (κ1) is 12.3. The average Bonchev–Trinajstić information content (AvgIpc) is 2.09. The second kappa shape index (κ2) is 9.40. The third-order valence-corrected chi connectivity index (χ3v) is 2.74. The summed E-state index contributed by atoms with van der Waals surface area (Å²) >= 11 is 1.96. The Bertz CT molecular complexity index is 85.9. The molecule has 0 heterocycles. The van der Waals surface area contributed by atoms with E-state index in [1.165, 1.54) is 31.6 Å². The smallest absolute Gasteiger partial charge is 0.00233 e. The van der Waals surface area contributed by atoms with Crippen molar-refractivity contribution in [3.05, 3.63) is 0 Å². The number of unbranched alkanes of at least 4 members (excludes halogenated alkanes) is 1. The highest BCUT2D eigenvalue weighted by atomic mass is 32.2. The van der Waals surface area contributed by atoms with E-state index in [0.717, 1.165) is 12.5 Å². The van der Waals surface area contributed by atoms with E-state index >= 15 is 0 Å². The van der Waals surface area contributed by atoms with Gasteiger partial charge in [-0.15, -0.1) is 0 Å². The van der Waals surface area contributed by atoms with Gasteiger partial charge in [0.05, 0.1) is 0 Å². The minimum Gasteiger partial charge on any atom is -0.317 e. The van der Waals surface area contributed by atoms with Crippen LogP contribution in [-0.4, -0.2) is 25.1 Å². The van der Waals surface area contributed by atoms with Crippen molar-refractivity contribution in [2.24, 2.45) is 5.92 Å². The first-order valence-electron chi connectivity index (χ1n) is 5.00. The van der Waals surface area contributed by atoms with Crippen LogP contribution < -0.4 is 5.32 Å². The molecule has 1 N–H and O–H groups in total. The average molecular weight is 189 g/mol. The Kier molecular flexibility index (Phi) is 9.64. The number of thioether (sulfide) groups is 1. The van der Waals surface area contributed by atoms with Crippen LogP contribution in [-0.2, 0) is 0 Å². The van der Waals surface area contributed by atoms with Gasteiger partial charge >= 0.3 is 0 Å². The third-order valence-electron chi connectivity index (χ3n) is 2.04. The molecule has 0 aliphatic carbocycles. The summed E-state index contributed by atoms with van der Waals surface area (Å²) in [5.41, 5.74) is 0. The molecule has 1 nitrogen and oxygen atoms in total. The van der Waals surface area contributed by atoms with Crippen LogP contribution in [0.4, 0.5) is 0 Å². The zero-order chi connectivity index (χ0) is 9.23. The molecule has 1 unspecified atom stereocenters. The van der Waals surface area contributed by atoms with Crippen molar-refractivity contribution in [2.75, 3.05) is 25.1 Å².